The van der Waals surface area contributed by atoms with Crippen molar-refractivity contribution in [2.24, 2.45) is 0 Å². The lowest BCUT2D eigenvalue weighted by molar-refractivity contribution is 0.0708. The summed E-state index contributed by atoms with van der Waals surface area (Å²) in [7, 11) is 0. The normalized spacial score (nSPS) is 34.5. The first kappa shape index (κ1) is 8.55. The molecule has 0 bridgehead atoms. The molecule has 1 atom stereocenters. The molecule has 12 heavy (non-hydrogen) atoms. The molecule has 0 N–H and O–H groups in total. The number of hydrogen-bond donors (Lipinski definition) is 0. The molecule has 0 aromatic rings. The molecule has 2 rings (SSSR count). The Morgan fingerprint density at radius 1 is 1.17 bits per heavy atom. The molecular weight excluding hydrogens is 146 g/mol. The molecule has 1 saturated carbocycles. The monoisotopic (exact) mass is 167 g/mol. The van der Waals surface area contributed by atoms with Gasteiger partial charge in [0.15, 0.2) is 0 Å². The smallest absolute Gasteiger partial charge is 0.0219 e. The maximum atomic E-state index is 2.76. The molecule has 1 aliphatic heterocycles. The van der Waals surface area contributed by atoms with Crippen LogP contribution < -0.4 is 0 Å². The standard InChI is InChI=1S/C11H21N/c1-9-5-6-11(7-8-11)12(9)10(2,3)4/h9H,5-8H2,1-4H3/t9-/m1/s1. The topological polar surface area (TPSA) is 3.24 Å². The van der Waals surface area contributed by atoms with Crippen LogP contribution in [-0.2, 0) is 0 Å². The van der Waals surface area contributed by atoms with Gasteiger partial charge >= 0.3 is 0 Å². The van der Waals surface area contributed by atoms with E-state index < -0.39 is 0 Å². The molecule has 1 heteroatoms. The Balaban J connectivity index is 2.21. The van der Waals surface area contributed by atoms with Gasteiger partial charge in [0.2, 0.25) is 0 Å². The zero-order valence-electron chi connectivity index (χ0n) is 8.85. The van der Waals surface area contributed by atoms with Gasteiger partial charge in [-0.1, -0.05) is 0 Å². The fraction of sp³-hybridized carbons (Fsp3) is 1.00. The highest BCUT2D eigenvalue weighted by Gasteiger charge is 2.56. The Kier molecular flexibility index (Phi) is 1.61. The molecule has 2 fully saturated rings. The third-order valence-corrected chi connectivity index (χ3v) is 3.53. The van der Waals surface area contributed by atoms with Crippen LogP contribution in [0.25, 0.3) is 0 Å². The second-order valence-corrected chi connectivity index (χ2v) is 5.65. The fourth-order valence-corrected chi connectivity index (χ4v) is 3.20. The summed E-state index contributed by atoms with van der Waals surface area (Å²) in [4.78, 5) is 2.76. The van der Waals surface area contributed by atoms with E-state index in [0.717, 1.165) is 6.04 Å². The first-order chi connectivity index (χ1) is 5.46. The van der Waals surface area contributed by atoms with E-state index in [0.29, 0.717) is 11.1 Å². The van der Waals surface area contributed by atoms with Gasteiger partial charge in [-0.15, -0.1) is 0 Å². The molecule has 1 aliphatic carbocycles. The van der Waals surface area contributed by atoms with Crippen LogP contribution in [-0.4, -0.2) is 22.0 Å². The Morgan fingerprint density at radius 3 is 2.08 bits per heavy atom. The number of rotatable bonds is 0. The summed E-state index contributed by atoms with van der Waals surface area (Å²) < 4.78 is 0. The van der Waals surface area contributed by atoms with E-state index in [2.05, 4.69) is 32.6 Å². The van der Waals surface area contributed by atoms with E-state index >= 15 is 0 Å². The maximum absolute atomic E-state index is 2.76. The van der Waals surface area contributed by atoms with Crippen molar-refractivity contribution in [2.75, 3.05) is 0 Å². The molecule has 0 radical (unpaired) electrons. The van der Waals surface area contributed by atoms with E-state index in [1.165, 1.54) is 25.7 Å². The van der Waals surface area contributed by atoms with Crippen LogP contribution in [0.5, 0.6) is 0 Å². The van der Waals surface area contributed by atoms with Crippen LogP contribution in [0.4, 0.5) is 0 Å². The third kappa shape index (κ3) is 1.10. The van der Waals surface area contributed by atoms with Crippen LogP contribution in [0.1, 0.15) is 53.4 Å². The molecule has 1 nitrogen and oxygen atoms in total. The Labute approximate surface area is 76.1 Å². The summed E-state index contributed by atoms with van der Waals surface area (Å²) in [6.07, 6.45) is 5.77. The lowest BCUT2D eigenvalue weighted by Gasteiger charge is -2.40. The Bertz CT molecular complexity index is 186. The largest absolute Gasteiger partial charge is 0.290 e. The molecular formula is C11H21N. The van der Waals surface area contributed by atoms with E-state index in [1.54, 1.807) is 0 Å². The van der Waals surface area contributed by atoms with Gasteiger partial charge < -0.3 is 0 Å². The van der Waals surface area contributed by atoms with Gasteiger partial charge in [-0.2, -0.15) is 0 Å². The second kappa shape index (κ2) is 2.25. The quantitative estimate of drug-likeness (QED) is 0.536. The van der Waals surface area contributed by atoms with Crippen molar-refractivity contribution in [3.63, 3.8) is 0 Å². The molecule has 0 unspecified atom stereocenters. The zero-order chi connectivity index (χ0) is 8.98. The van der Waals surface area contributed by atoms with E-state index in [-0.39, 0.29) is 0 Å². The molecule has 1 heterocycles. The van der Waals surface area contributed by atoms with Gasteiger partial charge in [-0.05, 0) is 53.4 Å². The van der Waals surface area contributed by atoms with Crippen molar-refractivity contribution < 1.29 is 0 Å². The van der Waals surface area contributed by atoms with E-state index in [4.69, 9.17) is 0 Å². The van der Waals surface area contributed by atoms with E-state index in [9.17, 15) is 0 Å². The first-order valence-corrected chi connectivity index (χ1v) is 5.25. The first-order valence-electron chi connectivity index (χ1n) is 5.25. The zero-order valence-corrected chi connectivity index (χ0v) is 8.85. The lowest BCUT2D eigenvalue weighted by Crippen LogP contribution is -2.49. The van der Waals surface area contributed by atoms with Crippen LogP contribution in [0.2, 0.25) is 0 Å². The minimum Gasteiger partial charge on any atom is -0.290 e. The predicted molar refractivity (Wildman–Crippen MR) is 52.3 cm³/mol. The van der Waals surface area contributed by atoms with Crippen LogP contribution in [0.3, 0.4) is 0 Å². The van der Waals surface area contributed by atoms with E-state index in [1.807, 2.05) is 0 Å². The highest BCUT2D eigenvalue weighted by atomic mass is 15.3. The van der Waals surface area contributed by atoms with Crippen LogP contribution in [0.15, 0.2) is 0 Å². The molecule has 0 aromatic carbocycles. The lowest BCUT2D eigenvalue weighted by atomic mass is 10.0. The summed E-state index contributed by atoms with van der Waals surface area (Å²) in [5.41, 5.74) is 1.03. The minimum atomic E-state index is 0.381. The minimum absolute atomic E-state index is 0.381. The molecule has 1 saturated heterocycles. The van der Waals surface area contributed by atoms with Crippen molar-refractivity contribution in [2.45, 2.75) is 70.5 Å². The molecule has 70 valence electrons. The molecule has 2 aliphatic rings. The Hall–Kier alpha value is -0.0400. The average molecular weight is 167 g/mol. The fourth-order valence-electron chi connectivity index (χ4n) is 3.20. The maximum Gasteiger partial charge on any atom is 0.0219 e. The predicted octanol–water partition coefficient (Wildman–Crippen LogP) is 2.80. The number of hydrogen-bond acceptors (Lipinski definition) is 1. The molecule has 0 amide bonds. The number of likely N-dealkylation sites (tertiary alicyclic amines) is 1. The van der Waals surface area contributed by atoms with Gasteiger partial charge in [0.05, 0.1) is 0 Å². The highest BCUT2D eigenvalue weighted by molar-refractivity contribution is 5.12. The molecule has 0 aromatic heterocycles. The average Bonchev–Trinajstić information content (AvgIpc) is 2.53. The SMILES string of the molecule is C[C@@H]1CCC2(CC2)N1C(C)(C)C. The molecule has 1 spiro atoms. The van der Waals surface area contributed by atoms with Crippen LogP contribution in [0, 0.1) is 0 Å². The number of nitrogens with zero attached hydrogens (tertiary/aromatic N) is 1. The third-order valence-electron chi connectivity index (χ3n) is 3.53. The van der Waals surface area contributed by atoms with Gasteiger partial charge in [0, 0.05) is 17.1 Å². The summed E-state index contributed by atoms with van der Waals surface area (Å²) >= 11 is 0. The van der Waals surface area contributed by atoms with Crippen molar-refractivity contribution in [3.8, 4) is 0 Å². The van der Waals surface area contributed by atoms with Crippen LogP contribution >= 0.6 is 0 Å². The van der Waals surface area contributed by atoms with Crippen molar-refractivity contribution in [1.29, 1.82) is 0 Å². The second-order valence-electron chi connectivity index (χ2n) is 5.65. The highest BCUT2D eigenvalue weighted by Crippen LogP contribution is 2.54. The van der Waals surface area contributed by atoms with Gasteiger partial charge in [-0.3, -0.25) is 4.90 Å². The summed E-state index contributed by atoms with van der Waals surface area (Å²) in [6.45, 7) is 9.46. The van der Waals surface area contributed by atoms with Gasteiger partial charge in [0.1, 0.15) is 0 Å². The van der Waals surface area contributed by atoms with Gasteiger partial charge in [0.25, 0.3) is 0 Å². The van der Waals surface area contributed by atoms with Crippen molar-refractivity contribution >= 4 is 0 Å². The Morgan fingerprint density at radius 2 is 1.75 bits per heavy atom. The summed E-state index contributed by atoms with van der Waals surface area (Å²) in [5.74, 6) is 0. The van der Waals surface area contributed by atoms with Gasteiger partial charge in [-0.25, -0.2) is 0 Å². The summed E-state index contributed by atoms with van der Waals surface area (Å²) in [5, 5.41) is 0. The summed E-state index contributed by atoms with van der Waals surface area (Å²) in [6, 6.07) is 0.812. The van der Waals surface area contributed by atoms with Crippen molar-refractivity contribution in [1.82, 2.24) is 4.90 Å². The van der Waals surface area contributed by atoms with Crippen molar-refractivity contribution in [3.05, 3.63) is 0 Å².